The van der Waals surface area contributed by atoms with E-state index in [-0.39, 0.29) is 18.8 Å². The fourth-order valence-electron chi connectivity index (χ4n) is 1.39. The van der Waals surface area contributed by atoms with E-state index >= 15 is 0 Å². The minimum atomic E-state index is -5.12. The maximum Gasteiger partial charge on any atom is 0.471 e. The van der Waals surface area contributed by atoms with Crippen molar-refractivity contribution in [1.29, 1.82) is 0 Å². The Kier molecular flexibility index (Phi) is 5.92. The van der Waals surface area contributed by atoms with E-state index in [0.717, 1.165) is 5.38 Å². The number of amides is 1. The Bertz CT molecular complexity index is 582. The zero-order chi connectivity index (χ0) is 16.9. The van der Waals surface area contributed by atoms with Gasteiger partial charge < -0.3 is 14.8 Å². The minimum absolute atomic E-state index is 0.0151. The topological polar surface area (TPSA) is 81.7 Å². The number of esters is 2. The van der Waals surface area contributed by atoms with Crippen molar-refractivity contribution in [1.82, 2.24) is 0 Å². The van der Waals surface area contributed by atoms with Gasteiger partial charge in [0.05, 0.1) is 18.8 Å². The highest BCUT2D eigenvalue weighted by atomic mass is 32.1. The van der Waals surface area contributed by atoms with Gasteiger partial charge in [-0.1, -0.05) is 0 Å². The fourth-order valence-corrected chi connectivity index (χ4v) is 2.30. The summed E-state index contributed by atoms with van der Waals surface area (Å²) in [5.41, 5.74) is -0.717. The number of thiophene rings is 1. The standard InChI is InChI=1S/C12H12F3NO5S/c1-3-20-9(17)6-5-22-8(7(6)10(18)21-4-2)16-11(19)12(13,14)15/h5H,3-4H2,1-2H3,(H,16,19). The van der Waals surface area contributed by atoms with Gasteiger partial charge in [-0.3, -0.25) is 4.79 Å². The van der Waals surface area contributed by atoms with Crippen LogP contribution in [0.3, 0.4) is 0 Å². The van der Waals surface area contributed by atoms with E-state index in [1.165, 1.54) is 13.8 Å². The SMILES string of the molecule is CCOC(=O)c1csc(NC(=O)C(F)(F)F)c1C(=O)OCC. The molecule has 0 atom stereocenters. The van der Waals surface area contributed by atoms with Gasteiger partial charge in [-0.05, 0) is 13.8 Å². The molecule has 1 heterocycles. The predicted octanol–water partition coefficient (Wildman–Crippen LogP) is 2.60. The first kappa shape index (κ1) is 18.0. The lowest BCUT2D eigenvalue weighted by atomic mass is 10.2. The van der Waals surface area contributed by atoms with E-state index in [1.807, 2.05) is 0 Å². The van der Waals surface area contributed by atoms with Crippen LogP contribution in [-0.2, 0) is 14.3 Å². The number of hydrogen-bond donors (Lipinski definition) is 1. The third-order valence-electron chi connectivity index (χ3n) is 2.25. The Morgan fingerprint density at radius 3 is 2.18 bits per heavy atom. The molecular formula is C12H12F3NO5S. The van der Waals surface area contributed by atoms with Crippen molar-refractivity contribution < 1.29 is 37.0 Å². The van der Waals surface area contributed by atoms with Gasteiger partial charge in [0.1, 0.15) is 10.6 Å². The molecule has 0 fully saturated rings. The summed E-state index contributed by atoms with van der Waals surface area (Å²) in [7, 11) is 0. The fraction of sp³-hybridized carbons (Fsp3) is 0.417. The summed E-state index contributed by atoms with van der Waals surface area (Å²) in [6, 6.07) is 0. The van der Waals surface area contributed by atoms with E-state index < -0.39 is 34.6 Å². The summed E-state index contributed by atoms with van der Waals surface area (Å²) < 4.78 is 46.3. The van der Waals surface area contributed by atoms with Crippen LogP contribution < -0.4 is 5.32 Å². The van der Waals surface area contributed by atoms with Crippen molar-refractivity contribution >= 4 is 34.2 Å². The summed E-state index contributed by atoms with van der Waals surface area (Å²) in [5.74, 6) is -4.17. The number of rotatable bonds is 5. The quantitative estimate of drug-likeness (QED) is 0.834. The van der Waals surface area contributed by atoms with Crippen molar-refractivity contribution in [2.45, 2.75) is 20.0 Å². The molecule has 1 amide bonds. The van der Waals surface area contributed by atoms with Crippen molar-refractivity contribution in [2.75, 3.05) is 18.5 Å². The highest BCUT2D eigenvalue weighted by Gasteiger charge is 2.40. The molecule has 0 radical (unpaired) electrons. The lowest BCUT2D eigenvalue weighted by Crippen LogP contribution is -2.30. The smallest absolute Gasteiger partial charge is 0.462 e. The first-order valence-corrected chi connectivity index (χ1v) is 6.94. The molecule has 0 saturated heterocycles. The van der Waals surface area contributed by atoms with Crippen LogP contribution in [0.15, 0.2) is 5.38 Å². The number of hydrogen-bond acceptors (Lipinski definition) is 6. The Balaban J connectivity index is 3.20. The van der Waals surface area contributed by atoms with E-state index in [4.69, 9.17) is 9.47 Å². The second-order valence-corrected chi connectivity index (χ2v) is 4.63. The molecular weight excluding hydrogens is 327 g/mol. The third kappa shape index (κ3) is 4.20. The van der Waals surface area contributed by atoms with Gasteiger partial charge in [0.2, 0.25) is 0 Å². The lowest BCUT2D eigenvalue weighted by Gasteiger charge is -2.09. The monoisotopic (exact) mass is 339 g/mol. The number of ether oxygens (including phenoxy) is 2. The number of carbonyl (C=O) groups is 3. The molecule has 0 aromatic carbocycles. The molecule has 1 rings (SSSR count). The highest BCUT2D eigenvalue weighted by molar-refractivity contribution is 7.15. The largest absolute Gasteiger partial charge is 0.471 e. The van der Waals surface area contributed by atoms with E-state index in [9.17, 15) is 27.6 Å². The molecule has 0 unspecified atom stereocenters. The van der Waals surface area contributed by atoms with Gasteiger partial charge in [0, 0.05) is 5.38 Å². The molecule has 0 saturated carbocycles. The van der Waals surface area contributed by atoms with Crippen molar-refractivity contribution in [3.8, 4) is 0 Å². The average Bonchev–Trinajstić information content (AvgIpc) is 2.82. The summed E-state index contributed by atoms with van der Waals surface area (Å²) in [4.78, 5) is 34.5. The van der Waals surface area contributed by atoms with Crippen LogP contribution in [0.5, 0.6) is 0 Å². The third-order valence-corrected chi connectivity index (χ3v) is 3.15. The predicted molar refractivity (Wildman–Crippen MR) is 70.9 cm³/mol. The minimum Gasteiger partial charge on any atom is -0.462 e. The van der Waals surface area contributed by atoms with Gasteiger partial charge in [0.25, 0.3) is 0 Å². The zero-order valence-corrected chi connectivity index (χ0v) is 12.4. The number of carbonyl (C=O) groups excluding carboxylic acids is 3. The average molecular weight is 339 g/mol. The maximum atomic E-state index is 12.3. The number of alkyl halides is 3. The molecule has 22 heavy (non-hydrogen) atoms. The van der Waals surface area contributed by atoms with Gasteiger partial charge in [0.15, 0.2) is 0 Å². The summed E-state index contributed by atoms with van der Waals surface area (Å²) in [5, 5.41) is 2.25. The molecule has 1 N–H and O–H groups in total. The van der Waals surface area contributed by atoms with E-state index in [1.54, 1.807) is 5.32 Å². The second-order valence-electron chi connectivity index (χ2n) is 3.75. The molecule has 0 aliphatic heterocycles. The lowest BCUT2D eigenvalue weighted by molar-refractivity contribution is -0.167. The second kappa shape index (κ2) is 7.25. The number of nitrogens with one attached hydrogen (secondary N) is 1. The van der Waals surface area contributed by atoms with Gasteiger partial charge >= 0.3 is 24.0 Å². The molecule has 0 aliphatic rings. The van der Waals surface area contributed by atoms with Crippen LogP contribution in [0, 0.1) is 0 Å². The van der Waals surface area contributed by atoms with E-state index in [2.05, 4.69) is 0 Å². The van der Waals surface area contributed by atoms with Crippen LogP contribution >= 0.6 is 11.3 Å². The highest BCUT2D eigenvalue weighted by Crippen LogP contribution is 2.31. The molecule has 1 aromatic rings. The van der Waals surface area contributed by atoms with Crippen LogP contribution in [0.1, 0.15) is 34.6 Å². The Morgan fingerprint density at radius 2 is 1.68 bits per heavy atom. The first-order valence-electron chi connectivity index (χ1n) is 6.06. The van der Waals surface area contributed by atoms with Crippen molar-refractivity contribution in [3.05, 3.63) is 16.5 Å². The number of halogens is 3. The van der Waals surface area contributed by atoms with E-state index in [0.29, 0.717) is 11.3 Å². The van der Waals surface area contributed by atoms with Crippen LogP contribution in [0.2, 0.25) is 0 Å². The molecule has 0 bridgehead atoms. The molecule has 6 nitrogen and oxygen atoms in total. The summed E-state index contributed by atoms with van der Waals surface area (Å²) in [6.07, 6.45) is -5.12. The summed E-state index contributed by atoms with van der Waals surface area (Å²) >= 11 is 0.595. The Hall–Kier alpha value is -2.10. The number of anilines is 1. The normalized spacial score (nSPS) is 11.0. The Morgan fingerprint density at radius 1 is 1.14 bits per heavy atom. The molecule has 10 heteroatoms. The molecule has 0 spiro atoms. The van der Waals surface area contributed by atoms with Gasteiger partial charge in [-0.15, -0.1) is 11.3 Å². The summed E-state index contributed by atoms with van der Waals surface area (Å²) in [6.45, 7) is 2.98. The van der Waals surface area contributed by atoms with Gasteiger partial charge in [-0.2, -0.15) is 13.2 Å². The first-order chi connectivity index (χ1) is 10.2. The van der Waals surface area contributed by atoms with Crippen LogP contribution in [0.25, 0.3) is 0 Å². The van der Waals surface area contributed by atoms with Gasteiger partial charge in [-0.25, -0.2) is 9.59 Å². The maximum absolute atomic E-state index is 12.3. The molecule has 0 aliphatic carbocycles. The Labute approximate surface area is 127 Å². The molecule has 122 valence electrons. The van der Waals surface area contributed by atoms with Crippen LogP contribution in [-0.4, -0.2) is 37.2 Å². The zero-order valence-electron chi connectivity index (χ0n) is 11.6. The van der Waals surface area contributed by atoms with Crippen molar-refractivity contribution in [2.24, 2.45) is 0 Å². The van der Waals surface area contributed by atoms with Crippen LogP contribution in [0.4, 0.5) is 18.2 Å². The van der Waals surface area contributed by atoms with Crippen molar-refractivity contribution in [3.63, 3.8) is 0 Å². The molecule has 1 aromatic heterocycles.